The summed E-state index contributed by atoms with van der Waals surface area (Å²) in [5.41, 5.74) is 1.15. The van der Waals surface area contributed by atoms with Gasteiger partial charge in [-0.1, -0.05) is 19.1 Å². The van der Waals surface area contributed by atoms with Gasteiger partial charge in [-0.05, 0) is 17.6 Å². The van der Waals surface area contributed by atoms with Crippen LogP contribution >= 0.6 is 0 Å². The molecule has 34 heavy (non-hydrogen) atoms. The summed E-state index contributed by atoms with van der Waals surface area (Å²) in [4.78, 5) is 17.8. The molecule has 2 aliphatic rings. The zero-order chi connectivity index (χ0) is 23.7. The lowest BCUT2D eigenvalue weighted by atomic mass is 9.90. The van der Waals surface area contributed by atoms with E-state index in [9.17, 15) is 9.18 Å². The number of benzene rings is 1. The van der Waals surface area contributed by atoms with Crippen molar-refractivity contribution >= 4 is 16.8 Å². The van der Waals surface area contributed by atoms with Gasteiger partial charge in [-0.3, -0.25) is 4.48 Å². The number of quaternary nitrogens is 1. The van der Waals surface area contributed by atoms with Gasteiger partial charge in [0.2, 0.25) is 5.89 Å². The Bertz CT molecular complexity index is 1160. The first-order valence-corrected chi connectivity index (χ1v) is 12.2. The van der Waals surface area contributed by atoms with Crippen LogP contribution < -0.4 is 5.32 Å². The third kappa shape index (κ3) is 3.93. The lowest BCUT2D eigenvalue weighted by molar-refractivity contribution is -0.886. The van der Waals surface area contributed by atoms with Gasteiger partial charge < -0.3 is 14.6 Å². The van der Waals surface area contributed by atoms with Crippen molar-refractivity contribution in [1.29, 1.82) is 0 Å². The first-order valence-electron chi connectivity index (χ1n) is 12.2. The lowest BCUT2D eigenvalue weighted by Crippen LogP contribution is -2.65. The number of hydrogen-bond donors (Lipinski definition) is 1. The molecule has 2 aromatic heterocycles. The molecule has 0 unspecified atom stereocenters. The SMILES string of the molecule is CCc1nn(-c2noc(C3CC[N+](C(=O)COC)(C4CCNCC4)CC3)n2)c2c(F)cccc12. The number of halogens is 1. The molecule has 5 rings (SSSR count). The Labute approximate surface area is 197 Å². The van der Waals surface area contributed by atoms with E-state index >= 15 is 0 Å². The Morgan fingerprint density at radius 1 is 1.26 bits per heavy atom. The van der Waals surface area contributed by atoms with Crippen molar-refractivity contribution in [3.63, 3.8) is 0 Å². The van der Waals surface area contributed by atoms with Crippen molar-refractivity contribution in [2.24, 2.45) is 0 Å². The van der Waals surface area contributed by atoms with Crippen molar-refractivity contribution < 1.29 is 22.9 Å². The van der Waals surface area contributed by atoms with Crippen molar-refractivity contribution in [1.82, 2.24) is 25.2 Å². The second-order valence-corrected chi connectivity index (χ2v) is 9.34. The predicted octanol–water partition coefficient (Wildman–Crippen LogP) is 2.73. The fraction of sp³-hybridized carbons (Fsp3) is 0.583. The van der Waals surface area contributed by atoms with Crippen LogP contribution in [0.2, 0.25) is 0 Å². The normalized spacial score (nSPS) is 24.0. The highest BCUT2D eigenvalue weighted by atomic mass is 19.1. The molecule has 2 aliphatic heterocycles. The number of hydrogen-bond acceptors (Lipinski definition) is 7. The van der Waals surface area contributed by atoms with Crippen molar-refractivity contribution in [3.05, 3.63) is 35.6 Å². The average Bonchev–Trinajstić information content (AvgIpc) is 3.50. The third-order valence-corrected chi connectivity index (χ3v) is 7.56. The fourth-order valence-corrected chi connectivity index (χ4v) is 5.72. The van der Waals surface area contributed by atoms with Gasteiger partial charge in [0.05, 0.1) is 24.8 Å². The standard InChI is InChI=1S/C24H32FN6O3/c1-3-20-18-5-4-6-19(25)22(18)30(28-20)24-27-23(34-29-24)16-9-13-31(14-10-16,21(32)15-33-2)17-7-11-26-12-8-17/h4-6,16-17,26H,3,7-15H2,1-2H3/q+1. The molecule has 1 aromatic carbocycles. The van der Waals surface area contributed by atoms with Crippen LogP contribution in [0.5, 0.6) is 0 Å². The van der Waals surface area contributed by atoms with Gasteiger partial charge in [-0.25, -0.2) is 9.18 Å². The topological polar surface area (TPSA) is 95.1 Å². The lowest BCUT2D eigenvalue weighted by Gasteiger charge is -2.47. The first-order chi connectivity index (χ1) is 16.6. The molecule has 3 aromatic rings. The highest BCUT2D eigenvalue weighted by Gasteiger charge is 2.47. The summed E-state index contributed by atoms with van der Waals surface area (Å²) in [6.45, 7) is 5.46. The van der Waals surface area contributed by atoms with Gasteiger partial charge in [0, 0.05) is 57.2 Å². The quantitative estimate of drug-likeness (QED) is 0.553. The summed E-state index contributed by atoms with van der Waals surface area (Å²) in [6.07, 6.45) is 4.20. The number of fused-ring (bicyclic) bond motifs is 1. The highest BCUT2D eigenvalue weighted by molar-refractivity contribution is 5.83. The van der Waals surface area contributed by atoms with E-state index in [2.05, 4.69) is 20.6 Å². The molecule has 2 saturated heterocycles. The molecule has 9 nitrogen and oxygen atoms in total. The molecule has 10 heteroatoms. The zero-order valence-electron chi connectivity index (χ0n) is 19.8. The maximum absolute atomic E-state index is 14.6. The van der Waals surface area contributed by atoms with Gasteiger partial charge in [-0.15, -0.1) is 0 Å². The number of nitrogens with zero attached hydrogens (tertiary/aromatic N) is 5. The van der Waals surface area contributed by atoms with E-state index in [1.807, 2.05) is 13.0 Å². The summed E-state index contributed by atoms with van der Waals surface area (Å²) in [6, 6.07) is 5.27. The van der Waals surface area contributed by atoms with Gasteiger partial charge in [0.15, 0.2) is 6.61 Å². The Kier molecular flexibility index (Phi) is 6.46. The zero-order valence-corrected chi connectivity index (χ0v) is 19.8. The molecular formula is C24H32FN6O3+. The van der Waals surface area contributed by atoms with E-state index < -0.39 is 0 Å². The number of aromatic nitrogens is 4. The van der Waals surface area contributed by atoms with Crippen molar-refractivity contribution in [2.45, 2.75) is 51.0 Å². The Morgan fingerprint density at radius 2 is 2.03 bits per heavy atom. The van der Waals surface area contributed by atoms with Crippen LogP contribution in [0.25, 0.3) is 16.9 Å². The molecule has 182 valence electrons. The summed E-state index contributed by atoms with van der Waals surface area (Å²) in [5.74, 6) is 0.612. The number of aryl methyl sites for hydroxylation is 1. The van der Waals surface area contributed by atoms with E-state index in [0.29, 0.717) is 28.4 Å². The van der Waals surface area contributed by atoms with E-state index in [4.69, 9.17) is 9.26 Å². The molecular weight excluding hydrogens is 439 g/mol. The van der Waals surface area contributed by atoms with Crippen LogP contribution in [-0.2, 0) is 16.0 Å². The van der Waals surface area contributed by atoms with Crippen LogP contribution in [0.3, 0.4) is 0 Å². The Hall–Kier alpha value is -2.69. The monoisotopic (exact) mass is 471 g/mol. The Balaban J connectivity index is 1.38. The van der Waals surface area contributed by atoms with Crippen LogP contribution in [0.4, 0.5) is 4.39 Å². The molecule has 0 atom stereocenters. The number of amides is 1. The number of carbonyl (C=O) groups excluding carboxylic acids is 1. The molecule has 1 amide bonds. The summed E-state index contributed by atoms with van der Waals surface area (Å²) >= 11 is 0. The van der Waals surface area contributed by atoms with Crippen LogP contribution in [0.15, 0.2) is 22.7 Å². The highest BCUT2D eigenvalue weighted by Crippen LogP contribution is 2.35. The minimum absolute atomic E-state index is 0.0573. The van der Waals surface area contributed by atoms with Gasteiger partial charge in [0.1, 0.15) is 11.3 Å². The van der Waals surface area contributed by atoms with Crippen molar-refractivity contribution in [3.8, 4) is 5.95 Å². The van der Waals surface area contributed by atoms with Crippen LogP contribution in [0, 0.1) is 5.82 Å². The molecule has 0 spiro atoms. The summed E-state index contributed by atoms with van der Waals surface area (Å²) in [7, 11) is 1.58. The van der Waals surface area contributed by atoms with Gasteiger partial charge >= 0.3 is 5.91 Å². The average molecular weight is 472 g/mol. The minimum atomic E-state index is -0.366. The number of nitrogens with one attached hydrogen (secondary N) is 1. The molecule has 0 aliphatic carbocycles. The molecule has 0 saturated carbocycles. The number of likely N-dealkylation sites (tertiary alicyclic amines) is 1. The number of piperidine rings is 2. The maximum atomic E-state index is 14.6. The third-order valence-electron chi connectivity index (χ3n) is 7.56. The second-order valence-electron chi connectivity index (χ2n) is 9.34. The maximum Gasteiger partial charge on any atom is 0.339 e. The summed E-state index contributed by atoms with van der Waals surface area (Å²) < 4.78 is 27.4. The number of carbonyl (C=O) groups is 1. The smallest absolute Gasteiger partial charge is 0.339 e. The molecule has 0 bridgehead atoms. The molecule has 0 radical (unpaired) electrons. The van der Waals surface area contributed by atoms with Crippen LogP contribution in [-0.4, -0.2) is 76.2 Å². The number of para-hydroxylation sites is 1. The minimum Gasteiger partial charge on any atom is -0.371 e. The molecule has 2 fully saturated rings. The number of ether oxygens (including phenoxy) is 1. The van der Waals surface area contributed by atoms with Gasteiger partial charge in [-0.2, -0.15) is 14.8 Å². The first kappa shape index (κ1) is 23.1. The predicted molar refractivity (Wildman–Crippen MR) is 123 cm³/mol. The number of methoxy groups -OCH3 is 1. The second kappa shape index (κ2) is 9.52. The van der Waals surface area contributed by atoms with E-state index in [0.717, 1.165) is 62.9 Å². The van der Waals surface area contributed by atoms with Crippen molar-refractivity contribution in [2.75, 3.05) is 39.9 Å². The molecule has 4 heterocycles. The largest absolute Gasteiger partial charge is 0.371 e. The molecule has 1 N–H and O–H groups in total. The summed E-state index contributed by atoms with van der Waals surface area (Å²) in [5, 5.41) is 12.8. The number of rotatable bonds is 6. The van der Waals surface area contributed by atoms with E-state index in [1.54, 1.807) is 13.2 Å². The van der Waals surface area contributed by atoms with E-state index in [-0.39, 0.29) is 30.2 Å². The fourth-order valence-electron chi connectivity index (χ4n) is 5.72. The van der Waals surface area contributed by atoms with E-state index in [1.165, 1.54) is 10.7 Å². The Morgan fingerprint density at radius 3 is 2.74 bits per heavy atom. The van der Waals surface area contributed by atoms with Gasteiger partial charge in [0.25, 0.3) is 5.95 Å². The van der Waals surface area contributed by atoms with Crippen LogP contribution in [0.1, 0.15) is 50.1 Å².